The van der Waals surface area contributed by atoms with E-state index in [2.05, 4.69) is 11.9 Å². The first-order valence-corrected chi connectivity index (χ1v) is 6.79. The standard InChI is InChI=1S/C12H22N2S/c1-3-4-5-6-7-8-11(13)12-10(2)14-9-15-12/h9,11H,3-8,13H2,1-2H3. The molecule has 3 heteroatoms. The summed E-state index contributed by atoms with van der Waals surface area (Å²) in [6.45, 7) is 4.29. The fourth-order valence-corrected chi connectivity index (χ4v) is 2.61. The Kier molecular flexibility index (Phi) is 5.88. The van der Waals surface area contributed by atoms with Crippen molar-refractivity contribution in [1.82, 2.24) is 4.98 Å². The summed E-state index contributed by atoms with van der Waals surface area (Å²) in [5.41, 5.74) is 9.13. The van der Waals surface area contributed by atoms with Crippen LogP contribution in [0.5, 0.6) is 0 Å². The van der Waals surface area contributed by atoms with Crippen LogP contribution in [0, 0.1) is 6.92 Å². The Hall–Kier alpha value is -0.410. The quantitative estimate of drug-likeness (QED) is 0.718. The van der Waals surface area contributed by atoms with Gasteiger partial charge in [0.05, 0.1) is 11.2 Å². The van der Waals surface area contributed by atoms with Crippen molar-refractivity contribution in [3.8, 4) is 0 Å². The molecule has 2 nitrogen and oxygen atoms in total. The van der Waals surface area contributed by atoms with Crippen molar-refractivity contribution in [2.45, 2.75) is 58.4 Å². The summed E-state index contributed by atoms with van der Waals surface area (Å²) in [5, 5.41) is 0. The van der Waals surface area contributed by atoms with E-state index in [-0.39, 0.29) is 6.04 Å². The predicted molar refractivity (Wildman–Crippen MR) is 67.2 cm³/mol. The minimum atomic E-state index is 0.208. The third-order valence-corrected chi connectivity index (χ3v) is 3.80. The van der Waals surface area contributed by atoms with Gasteiger partial charge in [-0.3, -0.25) is 0 Å². The summed E-state index contributed by atoms with van der Waals surface area (Å²) >= 11 is 1.69. The van der Waals surface area contributed by atoms with Gasteiger partial charge in [-0.1, -0.05) is 39.0 Å². The van der Waals surface area contributed by atoms with Crippen LogP contribution < -0.4 is 5.73 Å². The van der Waals surface area contributed by atoms with Crippen molar-refractivity contribution in [2.24, 2.45) is 5.73 Å². The lowest BCUT2D eigenvalue weighted by molar-refractivity contribution is 0.558. The molecule has 0 spiro atoms. The van der Waals surface area contributed by atoms with E-state index in [9.17, 15) is 0 Å². The number of hydrogen-bond donors (Lipinski definition) is 1. The van der Waals surface area contributed by atoms with E-state index >= 15 is 0 Å². The largest absolute Gasteiger partial charge is 0.323 e. The van der Waals surface area contributed by atoms with Crippen molar-refractivity contribution in [1.29, 1.82) is 0 Å². The number of nitrogens with two attached hydrogens (primary N) is 1. The van der Waals surface area contributed by atoms with E-state index < -0.39 is 0 Å². The van der Waals surface area contributed by atoms with Crippen LogP contribution in [0.2, 0.25) is 0 Å². The van der Waals surface area contributed by atoms with Gasteiger partial charge in [0.15, 0.2) is 0 Å². The van der Waals surface area contributed by atoms with Crippen molar-refractivity contribution in [2.75, 3.05) is 0 Å². The van der Waals surface area contributed by atoms with Gasteiger partial charge in [-0.2, -0.15) is 0 Å². The lowest BCUT2D eigenvalue weighted by atomic mass is 10.1. The molecule has 0 aromatic carbocycles. The van der Waals surface area contributed by atoms with E-state index in [1.165, 1.54) is 37.0 Å². The third-order valence-electron chi connectivity index (χ3n) is 2.74. The van der Waals surface area contributed by atoms with Crippen molar-refractivity contribution in [3.05, 3.63) is 16.1 Å². The summed E-state index contributed by atoms with van der Waals surface area (Å²) in [6.07, 6.45) is 7.68. The minimum absolute atomic E-state index is 0.208. The average Bonchev–Trinajstić information content (AvgIpc) is 2.64. The van der Waals surface area contributed by atoms with Crippen LogP contribution in [0.1, 0.15) is 62.1 Å². The maximum Gasteiger partial charge on any atom is 0.0798 e. The van der Waals surface area contributed by atoms with E-state index in [0.717, 1.165) is 12.1 Å². The zero-order valence-corrected chi connectivity index (χ0v) is 10.6. The highest BCUT2D eigenvalue weighted by Crippen LogP contribution is 2.24. The lowest BCUT2D eigenvalue weighted by Crippen LogP contribution is -2.09. The number of aryl methyl sites for hydroxylation is 1. The molecule has 0 saturated carbocycles. The van der Waals surface area contributed by atoms with Gasteiger partial charge in [-0.15, -0.1) is 11.3 Å². The number of rotatable bonds is 7. The summed E-state index contributed by atoms with van der Waals surface area (Å²) < 4.78 is 0. The monoisotopic (exact) mass is 226 g/mol. The fraction of sp³-hybridized carbons (Fsp3) is 0.750. The van der Waals surface area contributed by atoms with E-state index in [1.807, 2.05) is 12.4 Å². The predicted octanol–water partition coefficient (Wildman–Crippen LogP) is 3.81. The van der Waals surface area contributed by atoms with Crippen LogP contribution in [0.4, 0.5) is 0 Å². The molecule has 86 valence electrons. The Morgan fingerprint density at radius 1 is 1.33 bits per heavy atom. The van der Waals surface area contributed by atoms with Crippen LogP contribution >= 0.6 is 11.3 Å². The molecule has 0 fully saturated rings. The molecule has 0 amide bonds. The average molecular weight is 226 g/mol. The summed E-state index contributed by atoms with van der Waals surface area (Å²) in [4.78, 5) is 5.50. The number of nitrogens with zero attached hydrogens (tertiary/aromatic N) is 1. The smallest absolute Gasteiger partial charge is 0.0798 e. The van der Waals surface area contributed by atoms with Gasteiger partial charge < -0.3 is 5.73 Å². The van der Waals surface area contributed by atoms with Gasteiger partial charge in [0, 0.05) is 10.9 Å². The lowest BCUT2D eigenvalue weighted by Gasteiger charge is -2.09. The zero-order chi connectivity index (χ0) is 11.1. The Morgan fingerprint density at radius 3 is 2.67 bits per heavy atom. The SMILES string of the molecule is CCCCCCCC(N)c1scnc1C. The summed E-state index contributed by atoms with van der Waals surface area (Å²) in [7, 11) is 0. The van der Waals surface area contributed by atoms with Gasteiger partial charge in [-0.05, 0) is 13.3 Å². The molecule has 2 N–H and O–H groups in total. The van der Waals surface area contributed by atoms with Crippen LogP contribution in [-0.4, -0.2) is 4.98 Å². The molecule has 1 unspecified atom stereocenters. The summed E-state index contributed by atoms with van der Waals surface area (Å²) in [6, 6.07) is 0.208. The molecule has 0 radical (unpaired) electrons. The fourth-order valence-electron chi connectivity index (χ4n) is 1.77. The van der Waals surface area contributed by atoms with E-state index in [4.69, 9.17) is 5.73 Å². The minimum Gasteiger partial charge on any atom is -0.323 e. The van der Waals surface area contributed by atoms with Crippen LogP contribution in [0.3, 0.4) is 0 Å². The topological polar surface area (TPSA) is 38.9 Å². The molecule has 1 aromatic rings. The number of thiazole rings is 1. The number of hydrogen-bond acceptors (Lipinski definition) is 3. The van der Waals surface area contributed by atoms with Crippen LogP contribution in [0.15, 0.2) is 5.51 Å². The Labute approximate surface area is 96.9 Å². The third kappa shape index (κ3) is 4.31. The Bertz CT molecular complexity index is 270. The van der Waals surface area contributed by atoms with Gasteiger partial charge in [0.2, 0.25) is 0 Å². The molecule has 0 bridgehead atoms. The van der Waals surface area contributed by atoms with Crippen molar-refractivity contribution in [3.63, 3.8) is 0 Å². The van der Waals surface area contributed by atoms with Crippen molar-refractivity contribution < 1.29 is 0 Å². The number of aromatic nitrogens is 1. The Morgan fingerprint density at radius 2 is 2.07 bits per heavy atom. The number of unbranched alkanes of at least 4 members (excludes halogenated alkanes) is 4. The van der Waals surface area contributed by atoms with Gasteiger partial charge >= 0.3 is 0 Å². The first-order chi connectivity index (χ1) is 7.25. The molecule has 15 heavy (non-hydrogen) atoms. The molecular formula is C12H22N2S. The maximum absolute atomic E-state index is 6.13. The molecule has 1 rings (SSSR count). The second-order valence-corrected chi connectivity index (χ2v) is 5.00. The van der Waals surface area contributed by atoms with E-state index in [0.29, 0.717) is 0 Å². The molecule has 1 heterocycles. The van der Waals surface area contributed by atoms with Gasteiger partial charge in [0.1, 0.15) is 0 Å². The zero-order valence-electron chi connectivity index (χ0n) is 9.83. The second kappa shape index (κ2) is 6.96. The molecule has 1 aromatic heterocycles. The molecule has 0 aliphatic heterocycles. The first kappa shape index (κ1) is 12.7. The normalized spacial score (nSPS) is 13.0. The summed E-state index contributed by atoms with van der Waals surface area (Å²) in [5.74, 6) is 0. The molecule has 0 aliphatic carbocycles. The molecule has 0 saturated heterocycles. The highest BCUT2D eigenvalue weighted by molar-refractivity contribution is 7.09. The Balaban J connectivity index is 2.19. The van der Waals surface area contributed by atoms with Gasteiger partial charge in [0.25, 0.3) is 0 Å². The second-order valence-electron chi connectivity index (χ2n) is 4.11. The molecule has 1 atom stereocenters. The molecular weight excluding hydrogens is 204 g/mol. The first-order valence-electron chi connectivity index (χ1n) is 5.91. The van der Waals surface area contributed by atoms with Crippen molar-refractivity contribution >= 4 is 11.3 Å². The highest BCUT2D eigenvalue weighted by Gasteiger charge is 2.10. The maximum atomic E-state index is 6.13. The highest BCUT2D eigenvalue weighted by atomic mass is 32.1. The van der Waals surface area contributed by atoms with Crippen LogP contribution in [-0.2, 0) is 0 Å². The molecule has 0 aliphatic rings. The van der Waals surface area contributed by atoms with Crippen LogP contribution in [0.25, 0.3) is 0 Å². The van der Waals surface area contributed by atoms with E-state index in [1.54, 1.807) is 11.3 Å². The van der Waals surface area contributed by atoms with Gasteiger partial charge in [-0.25, -0.2) is 4.98 Å².